The number of amides is 1. The first-order valence-corrected chi connectivity index (χ1v) is 15.2. The molecule has 0 aliphatic carbocycles. The van der Waals surface area contributed by atoms with E-state index in [0.717, 1.165) is 19.3 Å². The molecule has 45 heavy (non-hydrogen) atoms. The van der Waals surface area contributed by atoms with E-state index in [2.05, 4.69) is 10.4 Å². The summed E-state index contributed by atoms with van der Waals surface area (Å²) in [6.07, 6.45) is 2.08. The smallest absolute Gasteiger partial charge is 0.407 e. The molecule has 1 N–H and O–H groups in total. The summed E-state index contributed by atoms with van der Waals surface area (Å²) in [7, 11) is 0. The third-order valence-corrected chi connectivity index (χ3v) is 7.48. The largest absolute Gasteiger partial charge is 0.492 e. The number of hydrogen-bond donors (Lipinski definition) is 1. The van der Waals surface area contributed by atoms with E-state index in [1.807, 2.05) is 13.0 Å². The van der Waals surface area contributed by atoms with Crippen molar-refractivity contribution in [3.05, 3.63) is 94.9 Å². The van der Waals surface area contributed by atoms with Gasteiger partial charge in [0.05, 0.1) is 17.4 Å². The predicted molar refractivity (Wildman–Crippen MR) is 167 cm³/mol. The first-order valence-electron chi connectivity index (χ1n) is 15.2. The Bertz CT molecular complexity index is 1670. The van der Waals surface area contributed by atoms with E-state index in [1.165, 1.54) is 18.2 Å². The van der Waals surface area contributed by atoms with Crippen LogP contribution in [0.4, 0.5) is 18.0 Å². The molecule has 1 saturated heterocycles. The maximum absolute atomic E-state index is 15.3. The maximum Gasteiger partial charge on any atom is 0.407 e. The number of aromatic nitrogens is 2. The molecule has 5 rings (SSSR count). The van der Waals surface area contributed by atoms with Gasteiger partial charge >= 0.3 is 6.09 Å². The van der Waals surface area contributed by atoms with Crippen LogP contribution >= 0.6 is 0 Å². The Morgan fingerprint density at radius 2 is 1.73 bits per heavy atom. The van der Waals surface area contributed by atoms with Crippen molar-refractivity contribution in [1.29, 1.82) is 0 Å². The lowest BCUT2D eigenvalue weighted by Gasteiger charge is -2.23. The molecule has 1 aliphatic heterocycles. The van der Waals surface area contributed by atoms with Gasteiger partial charge in [-0.05, 0) is 105 Å². The summed E-state index contributed by atoms with van der Waals surface area (Å²) in [5.74, 6) is -1.47. The highest BCUT2D eigenvalue weighted by Crippen LogP contribution is 2.39. The summed E-state index contributed by atoms with van der Waals surface area (Å²) < 4.78 is 64.1. The fourth-order valence-corrected chi connectivity index (χ4v) is 5.53. The van der Waals surface area contributed by atoms with Crippen molar-refractivity contribution in [3.63, 3.8) is 0 Å². The molecule has 10 heteroatoms. The average Bonchev–Trinajstić information content (AvgIpc) is 3.34. The lowest BCUT2D eigenvalue weighted by Crippen LogP contribution is -2.34. The molecular formula is C35H38F3N3O4. The van der Waals surface area contributed by atoms with E-state index in [-0.39, 0.29) is 24.9 Å². The minimum Gasteiger partial charge on any atom is -0.492 e. The first kappa shape index (κ1) is 32.1. The second-order valence-corrected chi connectivity index (χ2v) is 11.9. The predicted octanol–water partition coefficient (Wildman–Crippen LogP) is 8.43. The van der Waals surface area contributed by atoms with Gasteiger partial charge in [0.15, 0.2) is 6.23 Å². The normalized spacial score (nSPS) is 15.9. The Balaban J connectivity index is 1.49. The summed E-state index contributed by atoms with van der Waals surface area (Å²) in [6.45, 7) is 8.20. The van der Waals surface area contributed by atoms with Gasteiger partial charge in [0.1, 0.15) is 29.6 Å². The van der Waals surface area contributed by atoms with E-state index in [9.17, 15) is 4.79 Å². The summed E-state index contributed by atoms with van der Waals surface area (Å²) in [6, 6.07) is 16.1. The monoisotopic (exact) mass is 621 g/mol. The minimum absolute atomic E-state index is 0.129. The standard InChI is InChI=1S/C35H38F3N3O4/c1-5-25(32-27(36)9-8-10-28(32)37)31(22-12-15-24(16-13-22)43-20-18-39-34(42)45-35(2,3)4)23-14-17-29-26(21-23)33(38)40-41(29)30-11-6-7-19-44-30/h8-10,12-17,21,30H,5-7,11,18-20H2,1-4H3,(H,39,42)/b31-25+. The number of hydrogen-bond acceptors (Lipinski definition) is 5. The van der Waals surface area contributed by atoms with Crippen LogP contribution in [0.1, 0.15) is 76.3 Å². The Morgan fingerprint density at radius 1 is 1.02 bits per heavy atom. The topological polar surface area (TPSA) is 74.6 Å². The molecule has 2 heterocycles. The Labute approximate surface area is 261 Å². The number of nitrogens with zero attached hydrogens (tertiary/aromatic N) is 2. The number of benzene rings is 3. The molecule has 238 valence electrons. The van der Waals surface area contributed by atoms with Crippen molar-refractivity contribution in [2.24, 2.45) is 0 Å². The van der Waals surface area contributed by atoms with Gasteiger partial charge in [-0.2, -0.15) is 4.39 Å². The number of rotatable bonds is 9. The number of ether oxygens (including phenoxy) is 3. The van der Waals surface area contributed by atoms with Crippen LogP contribution in [0.5, 0.6) is 5.75 Å². The van der Waals surface area contributed by atoms with Crippen LogP contribution in [0, 0.1) is 17.6 Å². The maximum atomic E-state index is 15.3. The third-order valence-electron chi connectivity index (χ3n) is 7.48. The van der Waals surface area contributed by atoms with E-state index >= 15 is 13.2 Å². The molecule has 1 amide bonds. The van der Waals surface area contributed by atoms with Gasteiger partial charge in [-0.15, -0.1) is 5.10 Å². The number of allylic oxidation sites excluding steroid dienone is 1. The van der Waals surface area contributed by atoms with Crippen molar-refractivity contribution in [1.82, 2.24) is 15.1 Å². The average molecular weight is 622 g/mol. The molecule has 0 radical (unpaired) electrons. The fourth-order valence-electron chi connectivity index (χ4n) is 5.53. The number of alkyl carbamates (subject to hydrolysis) is 1. The van der Waals surface area contributed by atoms with Crippen molar-refractivity contribution < 1.29 is 32.2 Å². The van der Waals surface area contributed by atoms with Crippen molar-refractivity contribution in [3.8, 4) is 5.75 Å². The SMILES string of the molecule is CC/C(=C(/c1ccc(OCCNC(=O)OC(C)(C)C)cc1)c1ccc2c(c1)c(F)nn2C1CCCCO1)c1c(F)cccc1F. The first-order chi connectivity index (χ1) is 21.6. The fraction of sp³-hybridized carbons (Fsp3) is 0.371. The number of halogens is 3. The molecule has 0 saturated carbocycles. The van der Waals surface area contributed by atoms with E-state index in [0.29, 0.717) is 52.0 Å². The van der Waals surface area contributed by atoms with Crippen molar-refractivity contribution in [2.45, 2.75) is 65.2 Å². The Kier molecular flexibility index (Phi) is 9.82. The van der Waals surface area contributed by atoms with Crippen LogP contribution in [-0.2, 0) is 9.47 Å². The summed E-state index contributed by atoms with van der Waals surface area (Å²) in [5, 5.41) is 7.09. The molecule has 1 fully saturated rings. The molecule has 0 spiro atoms. The number of nitrogens with one attached hydrogen (secondary N) is 1. The van der Waals surface area contributed by atoms with Gasteiger partial charge in [0, 0.05) is 12.2 Å². The molecule has 3 aromatic carbocycles. The lowest BCUT2D eigenvalue weighted by molar-refractivity contribution is -0.0375. The molecule has 1 atom stereocenters. The van der Waals surface area contributed by atoms with Gasteiger partial charge in [-0.1, -0.05) is 31.2 Å². The van der Waals surface area contributed by atoms with Gasteiger partial charge < -0.3 is 19.5 Å². The van der Waals surface area contributed by atoms with Gasteiger partial charge in [-0.3, -0.25) is 0 Å². The minimum atomic E-state index is -0.684. The van der Waals surface area contributed by atoms with Gasteiger partial charge in [0.2, 0.25) is 5.95 Å². The molecule has 4 aromatic rings. The van der Waals surface area contributed by atoms with Crippen LogP contribution in [0.25, 0.3) is 22.0 Å². The quantitative estimate of drug-likeness (QED) is 0.150. The van der Waals surface area contributed by atoms with Crippen molar-refractivity contribution in [2.75, 3.05) is 19.8 Å². The zero-order valence-corrected chi connectivity index (χ0v) is 26.0. The van der Waals surface area contributed by atoms with E-state index in [4.69, 9.17) is 14.2 Å². The zero-order chi connectivity index (χ0) is 32.1. The molecule has 7 nitrogen and oxygen atoms in total. The number of fused-ring (bicyclic) bond motifs is 1. The Hall–Kier alpha value is -4.31. The van der Waals surface area contributed by atoms with E-state index < -0.39 is 29.3 Å². The summed E-state index contributed by atoms with van der Waals surface area (Å²) in [4.78, 5) is 11.9. The molecule has 1 aromatic heterocycles. The molecule has 1 aliphatic rings. The third kappa shape index (κ3) is 7.50. The second kappa shape index (κ2) is 13.8. The van der Waals surface area contributed by atoms with Crippen LogP contribution in [0.15, 0.2) is 60.7 Å². The van der Waals surface area contributed by atoms with Crippen LogP contribution in [0.3, 0.4) is 0 Å². The number of carbonyl (C=O) groups excluding carboxylic acids is 1. The van der Waals surface area contributed by atoms with Gasteiger partial charge in [0.25, 0.3) is 0 Å². The van der Waals surface area contributed by atoms with Crippen LogP contribution in [-0.4, -0.2) is 41.2 Å². The molecule has 0 bridgehead atoms. The molecule has 1 unspecified atom stereocenters. The number of carbonyl (C=O) groups is 1. The van der Waals surface area contributed by atoms with E-state index in [1.54, 1.807) is 61.9 Å². The summed E-state index contributed by atoms with van der Waals surface area (Å²) >= 11 is 0. The van der Waals surface area contributed by atoms with Crippen LogP contribution in [0.2, 0.25) is 0 Å². The highest BCUT2D eigenvalue weighted by molar-refractivity contribution is 6.00. The van der Waals surface area contributed by atoms with Crippen LogP contribution < -0.4 is 10.1 Å². The zero-order valence-electron chi connectivity index (χ0n) is 26.0. The van der Waals surface area contributed by atoms with Gasteiger partial charge in [-0.25, -0.2) is 18.3 Å². The second-order valence-electron chi connectivity index (χ2n) is 11.9. The summed E-state index contributed by atoms with van der Waals surface area (Å²) in [5.41, 5.74) is 2.09. The molecular weight excluding hydrogens is 583 g/mol. The lowest BCUT2D eigenvalue weighted by atomic mass is 9.87. The Morgan fingerprint density at radius 3 is 2.38 bits per heavy atom. The highest BCUT2D eigenvalue weighted by atomic mass is 19.1. The highest BCUT2D eigenvalue weighted by Gasteiger charge is 2.24. The van der Waals surface area contributed by atoms with Crippen molar-refractivity contribution >= 4 is 28.1 Å².